The number of hydrogen-bond acceptors (Lipinski definition) is 3. The van der Waals surface area contributed by atoms with E-state index < -0.39 is 0 Å². The van der Waals surface area contributed by atoms with Crippen LogP contribution >= 0.6 is 0 Å². The molecule has 0 saturated carbocycles. The number of nitrogens with one attached hydrogen (secondary N) is 1. The Balaban J connectivity index is 3.23. The van der Waals surface area contributed by atoms with Gasteiger partial charge in [-0.15, -0.1) is 0 Å². The Morgan fingerprint density at radius 3 is 2.86 bits per heavy atom. The van der Waals surface area contributed by atoms with Crippen LogP contribution in [0.3, 0.4) is 0 Å². The lowest BCUT2D eigenvalue weighted by Crippen LogP contribution is -1.92. The largest absolute Gasteiger partial charge is 0.761 e. The van der Waals surface area contributed by atoms with Gasteiger partial charge < -0.3 is 10.7 Å². The Morgan fingerprint density at radius 1 is 1.50 bits per heavy atom. The quantitative estimate of drug-likeness (QED) is 0.581. The normalized spacial score (nSPS) is 9.71. The van der Waals surface area contributed by atoms with E-state index in [-0.39, 0.29) is 0 Å². The third kappa shape index (κ3) is 2.00. The smallest absolute Gasteiger partial charge is 0.101 e. The summed E-state index contributed by atoms with van der Waals surface area (Å²) in [7, 11) is 0. The monoisotopic (exact) mass is 185 g/mol. The van der Waals surface area contributed by atoms with Gasteiger partial charge in [0.15, 0.2) is 0 Å². The lowest BCUT2D eigenvalue weighted by Gasteiger charge is -2.13. The fourth-order valence-corrected chi connectivity index (χ4v) is 1.09. The van der Waals surface area contributed by atoms with Crippen molar-refractivity contribution in [3.05, 3.63) is 53.3 Å². The molecule has 1 rings (SSSR count). The molecule has 0 aliphatic carbocycles. The second-order valence-corrected chi connectivity index (χ2v) is 2.58. The zero-order valence-corrected chi connectivity index (χ0v) is 7.53. The van der Waals surface area contributed by atoms with Crippen LogP contribution in [0.25, 0.3) is 6.08 Å². The van der Waals surface area contributed by atoms with Crippen LogP contribution in [0.5, 0.6) is 0 Å². The van der Waals surface area contributed by atoms with Crippen LogP contribution in [0.4, 0.5) is 5.69 Å². The molecule has 0 atom stereocenters. The number of allylic oxidation sites excluding steroid dienone is 2. The Morgan fingerprint density at radius 2 is 2.29 bits per heavy atom. The van der Waals surface area contributed by atoms with Gasteiger partial charge in [0.2, 0.25) is 0 Å². The van der Waals surface area contributed by atoms with Gasteiger partial charge in [0.25, 0.3) is 0 Å². The minimum atomic E-state index is 0.299. The summed E-state index contributed by atoms with van der Waals surface area (Å²) >= 11 is 0. The molecule has 3 heteroatoms. The Kier molecular flexibility index (Phi) is 3.48. The molecule has 0 unspecified atom stereocenters. The van der Waals surface area contributed by atoms with Crippen molar-refractivity contribution in [1.82, 2.24) is 0 Å². The summed E-state index contributed by atoms with van der Waals surface area (Å²) in [5.74, 6) is 0. The number of nitrogens with zero attached hydrogens (tertiary/aromatic N) is 1. The van der Waals surface area contributed by atoms with E-state index >= 15 is 0 Å². The summed E-state index contributed by atoms with van der Waals surface area (Å²) in [6.07, 6.45) is 5.03. The van der Waals surface area contributed by atoms with E-state index in [1.807, 2.05) is 6.07 Å². The van der Waals surface area contributed by atoms with Crippen LogP contribution in [0.1, 0.15) is 11.1 Å². The first-order valence-corrected chi connectivity index (χ1v) is 4.04. The minimum absolute atomic E-state index is 0.299. The van der Waals surface area contributed by atoms with Crippen molar-refractivity contribution in [3.8, 4) is 6.07 Å². The molecular formula is C11H9N2O-. The number of hydrogen-bond donors (Lipinski definition) is 1. The van der Waals surface area contributed by atoms with Gasteiger partial charge in [-0.05, 0) is 11.6 Å². The molecule has 0 aliphatic heterocycles. The van der Waals surface area contributed by atoms with Crippen molar-refractivity contribution in [1.29, 1.82) is 5.26 Å². The molecule has 1 aromatic rings. The summed E-state index contributed by atoms with van der Waals surface area (Å²) in [6, 6.07) is 7.01. The predicted octanol–water partition coefficient (Wildman–Crippen LogP) is 2.67. The highest BCUT2D eigenvalue weighted by atomic mass is 16.5. The maximum atomic E-state index is 10.6. The summed E-state index contributed by atoms with van der Waals surface area (Å²) < 4.78 is 0. The zero-order chi connectivity index (χ0) is 10.4. The van der Waals surface area contributed by atoms with E-state index in [0.29, 0.717) is 16.8 Å². The fraction of sp³-hybridized carbons (Fsp3) is 0. The molecule has 3 nitrogen and oxygen atoms in total. The molecule has 70 valence electrons. The van der Waals surface area contributed by atoms with Gasteiger partial charge in [-0.2, -0.15) is 5.26 Å². The maximum absolute atomic E-state index is 10.6. The Hall–Kier alpha value is -2.05. The van der Waals surface area contributed by atoms with Gasteiger partial charge in [0.05, 0.1) is 5.56 Å². The lowest BCUT2D eigenvalue weighted by atomic mass is 10.1. The number of para-hydroxylation sites is 1. The van der Waals surface area contributed by atoms with Crippen molar-refractivity contribution < 1.29 is 0 Å². The average molecular weight is 185 g/mol. The molecule has 0 saturated heterocycles. The predicted molar refractivity (Wildman–Crippen MR) is 57.4 cm³/mol. The fourth-order valence-electron chi connectivity index (χ4n) is 1.09. The standard InChI is InChI=1S/C11H9N2O/c1-2-3-5-9-6-4-7-10(8-12)11(9)13-14/h2-7,13H,1H2/q-1/b5-3-. The van der Waals surface area contributed by atoms with Crippen molar-refractivity contribution >= 4 is 11.8 Å². The molecule has 0 amide bonds. The minimum Gasteiger partial charge on any atom is -0.761 e. The number of anilines is 1. The summed E-state index contributed by atoms with van der Waals surface area (Å²) in [5, 5.41) is 19.4. The SMILES string of the molecule is C=C/C=C\c1cccc(C#N)c1N[O-]. The lowest BCUT2D eigenvalue weighted by molar-refractivity contribution is 1.46. The molecule has 0 spiro atoms. The van der Waals surface area contributed by atoms with Crippen molar-refractivity contribution in [2.45, 2.75) is 0 Å². The van der Waals surface area contributed by atoms with Gasteiger partial charge in [-0.25, -0.2) is 0 Å². The first-order chi connectivity index (χ1) is 6.83. The van der Waals surface area contributed by atoms with E-state index in [0.717, 1.165) is 0 Å². The highest BCUT2D eigenvalue weighted by Gasteiger charge is 2.00. The molecule has 0 bridgehead atoms. The second kappa shape index (κ2) is 4.85. The third-order valence-corrected chi connectivity index (χ3v) is 1.73. The van der Waals surface area contributed by atoms with Crippen LogP contribution in [0.15, 0.2) is 36.9 Å². The van der Waals surface area contributed by atoms with Crippen LogP contribution in [-0.2, 0) is 0 Å². The summed E-state index contributed by atoms with van der Waals surface area (Å²) in [4.78, 5) is 0. The van der Waals surface area contributed by atoms with Gasteiger partial charge in [0.1, 0.15) is 6.07 Å². The van der Waals surface area contributed by atoms with E-state index in [2.05, 4.69) is 6.58 Å². The van der Waals surface area contributed by atoms with E-state index in [1.165, 1.54) is 0 Å². The van der Waals surface area contributed by atoms with Gasteiger partial charge in [-0.1, -0.05) is 36.9 Å². The molecule has 0 radical (unpaired) electrons. The molecule has 1 N–H and O–H groups in total. The van der Waals surface area contributed by atoms with Crippen LogP contribution < -0.4 is 5.48 Å². The summed E-state index contributed by atoms with van der Waals surface area (Å²) in [6.45, 7) is 3.52. The molecule has 0 fully saturated rings. The Labute approximate surface area is 82.6 Å². The maximum Gasteiger partial charge on any atom is 0.101 e. The van der Waals surface area contributed by atoms with Crippen molar-refractivity contribution in [2.75, 3.05) is 5.48 Å². The first kappa shape index (κ1) is 10.0. The Bertz CT molecular complexity index is 402. The van der Waals surface area contributed by atoms with Gasteiger partial charge >= 0.3 is 0 Å². The number of rotatable bonds is 3. The van der Waals surface area contributed by atoms with Crippen LogP contribution in [0.2, 0.25) is 0 Å². The van der Waals surface area contributed by atoms with E-state index in [9.17, 15) is 5.21 Å². The van der Waals surface area contributed by atoms with Crippen molar-refractivity contribution in [2.24, 2.45) is 0 Å². The molecule has 0 heterocycles. The molecule has 0 aromatic heterocycles. The molecule has 1 aromatic carbocycles. The summed E-state index contributed by atoms with van der Waals surface area (Å²) in [5.41, 5.74) is 3.08. The van der Waals surface area contributed by atoms with Crippen LogP contribution in [0, 0.1) is 16.5 Å². The third-order valence-electron chi connectivity index (χ3n) is 1.73. The highest BCUT2D eigenvalue weighted by molar-refractivity contribution is 5.73. The van der Waals surface area contributed by atoms with E-state index in [4.69, 9.17) is 5.26 Å². The number of benzene rings is 1. The average Bonchev–Trinajstić information content (AvgIpc) is 2.25. The first-order valence-electron chi connectivity index (χ1n) is 4.04. The van der Waals surface area contributed by atoms with E-state index in [1.54, 1.807) is 41.9 Å². The van der Waals surface area contributed by atoms with Crippen molar-refractivity contribution in [3.63, 3.8) is 0 Å². The topological polar surface area (TPSA) is 58.9 Å². The highest BCUT2D eigenvalue weighted by Crippen LogP contribution is 2.21. The molecular weight excluding hydrogens is 176 g/mol. The molecule has 0 aliphatic rings. The second-order valence-electron chi connectivity index (χ2n) is 2.58. The number of nitriles is 1. The zero-order valence-electron chi connectivity index (χ0n) is 7.53. The van der Waals surface area contributed by atoms with Gasteiger partial charge in [0, 0.05) is 5.69 Å². The van der Waals surface area contributed by atoms with Crippen LogP contribution in [-0.4, -0.2) is 0 Å². The van der Waals surface area contributed by atoms with Gasteiger partial charge in [-0.3, -0.25) is 0 Å². The molecule has 14 heavy (non-hydrogen) atoms.